The summed E-state index contributed by atoms with van der Waals surface area (Å²) in [6.07, 6.45) is 2.91. The first kappa shape index (κ1) is 25.2. The minimum absolute atomic E-state index is 0.0427. The SMILES string of the molecule is CC(C)CC(/N=C(\Nc1cccnc1)NS(=O)(=O)c1ccccc1)NC(=O)c1ccc(Cl)cc1. The molecule has 0 aliphatic heterocycles. The van der Waals surface area contributed by atoms with Gasteiger partial charge in [-0.2, -0.15) is 0 Å². The van der Waals surface area contributed by atoms with Crippen molar-refractivity contribution in [2.24, 2.45) is 10.9 Å². The Bertz CT molecular complexity index is 1220. The molecule has 0 aliphatic rings. The van der Waals surface area contributed by atoms with E-state index in [4.69, 9.17) is 11.6 Å². The lowest BCUT2D eigenvalue weighted by Crippen LogP contribution is -2.41. The number of aromatic nitrogens is 1. The van der Waals surface area contributed by atoms with Gasteiger partial charge in [-0.15, -0.1) is 0 Å². The molecular weight excluding hydrogens is 474 g/mol. The zero-order chi connectivity index (χ0) is 24.6. The molecule has 1 atom stereocenters. The third-order valence-electron chi connectivity index (χ3n) is 4.59. The number of carbonyl (C=O) groups is 1. The Kier molecular flexibility index (Phi) is 8.61. The van der Waals surface area contributed by atoms with Crippen LogP contribution in [0.2, 0.25) is 5.02 Å². The highest BCUT2D eigenvalue weighted by molar-refractivity contribution is 7.90. The monoisotopic (exact) mass is 499 g/mol. The van der Waals surface area contributed by atoms with Crippen LogP contribution in [0.3, 0.4) is 0 Å². The molecule has 0 saturated heterocycles. The highest BCUT2D eigenvalue weighted by Gasteiger charge is 2.20. The minimum Gasteiger partial charge on any atom is -0.330 e. The predicted molar refractivity (Wildman–Crippen MR) is 134 cm³/mol. The van der Waals surface area contributed by atoms with Crippen molar-refractivity contribution in [3.05, 3.63) is 89.7 Å². The number of sulfonamides is 1. The molecule has 0 spiro atoms. The Labute approximate surface area is 204 Å². The van der Waals surface area contributed by atoms with E-state index in [1.54, 1.807) is 60.8 Å². The van der Waals surface area contributed by atoms with Gasteiger partial charge in [-0.25, -0.2) is 18.1 Å². The molecule has 1 amide bonds. The van der Waals surface area contributed by atoms with Gasteiger partial charge < -0.3 is 10.6 Å². The topological polar surface area (TPSA) is 113 Å². The summed E-state index contributed by atoms with van der Waals surface area (Å²) < 4.78 is 28.4. The number of anilines is 1. The number of carbonyl (C=O) groups excluding carboxylic acids is 1. The summed E-state index contributed by atoms with van der Waals surface area (Å²) in [5, 5.41) is 6.34. The molecule has 0 saturated carbocycles. The lowest BCUT2D eigenvalue weighted by Gasteiger charge is -2.20. The quantitative estimate of drug-likeness (QED) is 0.316. The van der Waals surface area contributed by atoms with Gasteiger partial charge in [0.1, 0.15) is 6.17 Å². The first-order valence-corrected chi connectivity index (χ1v) is 12.5. The second-order valence-corrected chi connectivity index (χ2v) is 10.0. The van der Waals surface area contributed by atoms with E-state index < -0.39 is 16.2 Å². The fraction of sp³-hybridized carbons (Fsp3) is 0.208. The number of rotatable bonds is 8. The second-order valence-electron chi connectivity index (χ2n) is 7.89. The zero-order valence-electron chi connectivity index (χ0n) is 18.8. The molecule has 0 bridgehead atoms. The molecular formula is C24H26ClN5O3S. The van der Waals surface area contributed by atoms with Crippen LogP contribution in [-0.2, 0) is 10.0 Å². The molecule has 10 heteroatoms. The van der Waals surface area contributed by atoms with E-state index in [1.165, 1.54) is 18.3 Å². The number of hydrogen-bond donors (Lipinski definition) is 3. The van der Waals surface area contributed by atoms with Gasteiger partial charge in [0.25, 0.3) is 15.9 Å². The fourth-order valence-electron chi connectivity index (χ4n) is 3.03. The molecule has 1 heterocycles. The maximum Gasteiger partial charge on any atom is 0.264 e. The van der Waals surface area contributed by atoms with E-state index in [0.717, 1.165) is 0 Å². The van der Waals surface area contributed by atoms with E-state index in [0.29, 0.717) is 22.7 Å². The Morgan fingerprint density at radius 3 is 2.35 bits per heavy atom. The average Bonchev–Trinajstić information content (AvgIpc) is 2.80. The number of benzene rings is 2. The number of guanidine groups is 1. The Balaban J connectivity index is 1.92. The van der Waals surface area contributed by atoms with Crippen LogP contribution in [0.1, 0.15) is 30.6 Å². The third-order valence-corrected chi connectivity index (χ3v) is 6.20. The molecule has 3 N–H and O–H groups in total. The number of nitrogens with one attached hydrogen (secondary N) is 3. The Morgan fingerprint density at radius 1 is 1.03 bits per heavy atom. The summed E-state index contributed by atoms with van der Waals surface area (Å²) in [6, 6.07) is 17.9. The van der Waals surface area contributed by atoms with Crippen LogP contribution >= 0.6 is 11.6 Å². The first-order chi connectivity index (χ1) is 16.2. The Morgan fingerprint density at radius 2 is 1.74 bits per heavy atom. The van der Waals surface area contributed by atoms with Crippen LogP contribution in [0, 0.1) is 5.92 Å². The Hall–Kier alpha value is -3.43. The normalized spacial score (nSPS) is 12.8. The summed E-state index contributed by atoms with van der Waals surface area (Å²) in [6.45, 7) is 3.97. The van der Waals surface area contributed by atoms with Crippen LogP contribution in [0.25, 0.3) is 0 Å². The van der Waals surface area contributed by atoms with Crippen molar-refractivity contribution < 1.29 is 13.2 Å². The van der Waals surface area contributed by atoms with Gasteiger partial charge in [0.15, 0.2) is 0 Å². The van der Waals surface area contributed by atoms with Gasteiger partial charge in [0.2, 0.25) is 5.96 Å². The number of halogens is 1. The number of amides is 1. The van der Waals surface area contributed by atoms with Crippen LogP contribution < -0.4 is 15.4 Å². The molecule has 1 unspecified atom stereocenters. The molecule has 3 aromatic rings. The van der Waals surface area contributed by atoms with Crippen LogP contribution in [0.15, 0.2) is 89.0 Å². The van der Waals surface area contributed by atoms with Gasteiger partial charge >= 0.3 is 0 Å². The summed E-state index contributed by atoms with van der Waals surface area (Å²) in [4.78, 5) is 21.5. The summed E-state index contributed by atoms with van der Waals surface area (Å²) >= 11 is 5.92. The molecule has 8 nitrogen and oxygen atoms in total. The molecule has 0 aliphatic carbocycles. The van der Waals surface area contributed by atoms with Crippen molar-refractivity contribution in [2.45, 2.75) is 31.3 Å². The lowest BCUT2D eigenvalue weighted by molar-refractivity contribution is 0.0934. The van der Waals surface area contributed by atoms with Crippen LogP contribution in [-0.4, -0.2) is 31.4 Å². The van der Waals surface area contributed by atoms with Crippen molar-refractivity contribution in [1.29, 1.82) is 0 Å². The predicted octanol–water partition coefficient (Wildman–Crippen LogP) is 4.28. The van der Waals surface area contributed by atoms with Gasteiger partial charge in [0, 0.05) is 16.8 Å². The van der Waals surface area contributed by atoms with Gasteiger partial charge in [-0.1, -0.05) is 43.6 Å². The third kappa shape index (κ3) is 7.57. The fourth-order valence-corrected chi connectivity index (χ4v) is 4.14. The van der Waals surface area contributed by atoms with Crippen molar-refractivity contribution >= 4 is 39.2 Å². The molecule has 2 aromatic carbocycles. The van der Waals surface area contributed by atoms with Crippen molar-refractivity contribution in [3.63, 3.8) is 0 Å². The molecule has 0 radical (unpaired) electrons. The number of nitrogens with zero attached hydrogens (tertiary/aromatic N) is 2. The molecule has 34 heavy (non-hydrogen) atoms. The lowest BCUT2D eigenvalue weighted by atomic mass is 10.1. The van der Waals surface area contributed by atoms with Crippen LogP contribution in [0.5, 0.6) is 0 Å². The largest absolute Gasteiger partial charge is 0.330 e. The highest BCUT2D eigenvalue weighted by atomic mass is 35.5. The van der Waals surface area contributed by atoms with Gasteiger partial charge in [-0.05, 0) is 60.9 Å². The summed E-state index contributed by atoms with van der Waals surface area (Å²) in [5.41, 5.74) is 0.948. The average molecular weight is 500 g/mol. The maximum absolute atomic E-state index is 13.0. The molecule has 1 aromatic heterocycles. The number of pyridine rings is 1. The molecule has 178 valence electrons. The molecule has 3 rings (SSSR count). The van der Waals surface area contributed by atoms with E-state index in [1.807, 2.05) is 13.8 Å². The summed E-state index contributed by atoms with van der Waals surface area (Å²) in [7, 11) is -3.93. The van der Waals surface area contributed by atoms with E-state index in [-0.39, 0.29) is 22.7 Å². The highest BCUT2D eigenvalue weighted by Crippen LogP contribution is 2.13. The van der Waals surface area contributed by atoms with Crippen molar-refractivity contribution in [1.82, 2.24) is 15.0 Å². The van der Waals surface area contributed by atoms with Crippen molar-refractivity contribution in [3.8, 4) is 0 Å². The standard InChI is InChI=1S/C24H26ClN5O3S/c1-17(2)15-22(28-23(31)18-10-12-19(25)13-11-18)29-24(27-20-7-6-14-26-16-20)30-34(32,33)21-8-4-3-5-9-21/h3-14,16-17,22H,15H2,1-2H3,(H,28,31)(H2,27,29,30). The van der Waals surface area contributed by atoms with Crippen molar-refractivity contribution in [2.75, 3.05) is 5.32 Å². The van der Waals surface area contributed by atoms with E-state index in [2.05, 4.69) is 25.3 Å². The smallest absolute Gasteiger partial charge is 0.264 e. The van der Waals surface area contributed by atoms with E-state index >= 15 is 0 Å². The minimum atomic E-state index is -3.93. The first-order valence-electron chi connectivity index (χ1n) is 10.6. The van der Waals surface area contributed by atoms with Gasteiger partial charge in [0.05, 0.1) is 16.8 Å². The summed E-state index contributed by atoms with van der Waals surface area (Å²) in [5.74, 6) is -0.221. The van der Waals surface area contributed by atoms with Gasteiger partial charge in [-0.3, -0.25) is 9.78 Å². The number of hydrogen-bond acceptors (Lipinski definition) is 5. The molecule has 0 fully saturated rings. The number of aliphatic imine (C=N–C) groups is 1. The van der Waals surface area contributed by atoms with E-state index in [9.17, 15) is 13.2 Å². The zero-order valence-corrected chi connectivity index (χ0v) is 20.3. The van der Waals surface area contributed by atoms with Crippen LogP contribution in [0.4, 0.5) is 5.69 Å². The second kappa shape index (κ2) is 11.6. The maximum atomic E-state index is 13.0.